The fourth-order valence-corrected chi connectivity index (χ4v) is 5.54. The van der Waals surface area contributed by atoms with Gasteiger partial charge >= 0.3 is 6.03 Å². The van der Waals surface area contributed by atoms with Crippen molar-refractivity contribution in [3.8, 4) is 11.4 Å². The number of nitrogens with zero attached hydrogens (tertiary/aromatic N) is 3. The number of morpholine rings is 1. The molecule has 0 bridgehead atoms. The van der Waals surface area contributed by atoms with Crippen molar-refractivity contribution in [2.24, 2.45) is 0 Å². The number of fused-ring (bicyclic) bond motifs is 1. The molecular formula is C22H25N5O4S. The Morgan fingerprint density at radius 3 is 2.62 bits per heavy atom. The Morgan fingerprint density at radius 2 is 1.94 bits per heavy atom. The highest BCUT2D eigenvalue weighted by Crippen LogP contribution is 2.34. The van der Waals surface area contributed by atoms with Crippen LogP contribution in [0, 0.1) is 0 Å². The third-order valence-electron chi connectivity index (χ3n) is 5.62. The van der Waals surface area contributed by atoms with E-state index in [0.717, 1.165) is 18.4 Å². The van der Waals surface area contributed by atoms with Crippen molar-refractivity contribution in [3.05, 3.63) is 47.9 Å². The van der Waals surface area contributed by atoms with Crippen LogP contribution < -0.4 is 15.5 Å². The first-order chi connectivity index (χ1) is 15.3. The number of carbonyl (C=O) groups excluding carboxylic acids is 1. The Balaban J connectivity index is 1.45. The van der Waals surface area contributed by atoms with Crippen molar-refractivity contribution >= 4 is 27.4 Å². The molecule has 0 radical (unpaired) electrons. The van der Waals surface area contributed by atoms with E-state index in [0.29, 0.717) is 47.4 Å². The third kappa shape index (κ3) is 4.40. The van der Waals surface area contributed by atoms with Gasteiger partial charge in [-0.05, 0) is 44.0 Å². The van der Waals surface area contributed by atoms with Gasteiger partial charge in [0.05, 0.1) is 30.3 Å². The van der Waals surface area contributed by atoms with Crippen LogP contribution in [0.3, 0.4) is 0 Å². The van der Waals surface area contributed by atoms with E-state index in [9.17, 15) is 13.2 Å². The number of carbonyl (C=O) groups is 1. The second-order valence-electron chi connectivity index (χ2n) is 8.63. The summed E-state index contributed by atoms with van der Waals surface area (Å²) in [5.74, 6) is 1.54. The van der Waals surface area contributed by atoms with E-state index in [1.165, 1.54) is 0 Å². The van der Waals surface area contributed by atoms with Crippen molar-refractivity contribution < 1.29 is 17.9 Å². The van der Waals surface area contributed by atoms with Crippen LogP contribution in [0.4, 0.5) is 16.3 Å². The summed E-state index contributed by atoms with van der Waals surface area (Å²) < 4.78 is 30.4. The minimum atomic E-state index is -3.25. The highest BCUT2D eigenvalue weighted by Gasteiger charge is 2.34. The van der Waals surface area contributed by atoms with Crippen LogP contribution in [-0.4, -0.2) is 49.7 Å². The molecule has 2 N–H and O–H groups in total. The van der Waals surface area contributed by atoms with E-state index in [1.807, 2.05) is 24.0 Å². The largest absolute Gasteiger partial charge is 0.492 e. The topological polar surface area (TPSA) is 114 Å². The van der Waals surface area contributed by atoms with E-state index < -0.39 is 9.84 Å². The molecule has 168 valence electrons. The predicted octanol–water partition coefficient (Wildman–Crippen LogP) is 2.59. The van der Waals surface area contributed by atoms with Crippen molar-refractivity contribution in [1.29, 1.82) is 0 Å². The Labute approximate surface area is 186 Å². The van der Waals surface area contributed by atoms with Gasteiger partial charge in [0.2, 0.25) is 0 Å². The summed E-state index contributed by atoms with van der Waals surface area (Å²) >= 11 is 0. The fourth-order valence-electron chi connectivity index (χ4n) is 4.05. The molecule has 10 heteroatoms. The Kier molecular flexibility index (Phi) is 5.04. The summed E-state index contributed by atoms with van der Waals surface area (Å²) in [6.45, 7) is 6.91. The molecule has 1 saturated heterocycles. The maximum atomic E-state index is 12.4. The van der Waals surface area contributed by atoms with Crippen molar-refractivity contribution in [2.45, 2.75) is 43.4 Å². The van der Waals surface area contributed by atoms with Crippen molar-refractivity contribution in [2.75, 3.05) is 23.3 Å². The van der Waals surface area contributed by atoms with E-state index in [-0.39, 0.29) is 29.7 Å². The number of hydrogen-bond donors (Lipinski definition) is 2. The molecule has 2 aromatic rings. The summed E-state index contributed by atoms with van der Waals surface area (Å²) in [6.07, 6.45) is 1.97. The highest BCUT2D eigenvalue weighted by atomic mass is 32.2. The SMILES string of the molecule is C=C1CN(c2nc(-c3ccc(NC(=O)NC4CC4)cc3)nc3c2CS(=O)(=O)C3)C[C@@H](C)O1. The fraction of sp³-hybridized carbons (Fsp3) is 0.409. The third-order valence-corrected chi connectivity index (χ3v) is 7.06. The number of urea groups is 1. The van der Waals surface area contributed by atoms with Gasteiger partial charge in [-0.2, -0.15) is 0 Å². The standard InChI is InChI=1S/C22H25N5O4S/c1-13-9-27(10-14(2)31-13)21-18-11-32(29,30)12-19(18)25-20(26-21)15-3-5-16(6-4-15)23-22(28)24-17-7-8-17/h3-6,14,17H,1,7-12H2,2H3,(H2,23,24,28)/t14-/m1/s1. The van der Waals surface area contributed by atoms with Gasteiger partial charge in [-0.15, -0.1) is 0 Å². The van der Waals surface area contributed by atoms with E-state index in [2.05, 4.69) is 22.2 Å². The molecule has 2 amide bonds. The van der Waals surface area contributed by atoms with E-state index in [4.69, 9.17) is 9.72 Å². The zero-order valence-corrected chi connectivity index (χ0v) is 18.6. The van der Waals surface area contributed by atoms with Crippen LogP contribution in [-0.2, 0) is 26.1 Å². The van der Waals surface area contributed by atoms with E-state index >= 15 is 0 Å². The lowest BCUT2D eigenvalue weighted by Crippen LogP contribution is -2.40. The first kappa shape index (κ1) is 20.7. The van der Waals surface area contributed by atoms with Gasteiger partial charge in [-0.3, -0.25) is 0 Å². The van der Waals surface area contributed by atoms with Gasteiger partial charge in [0.25, 0.3) is 0 Å². The molecule has 3 heterocycles. The van der Waals surface area contributed by atoms with Crippen LogP contribution in [0.5, 0.6) is 0 Å². The molecule has 1 aromatic carbocycles. The molecule has 1 aliphatic carbocycles. The average molecular weight is 456 g/mol. The second kappa shape index (κ2) is 7.77. The molecule has 1 saturated carbocycles. The second-order valence-corrected chi connectivity index (χ2v) is 10.7. The Hall–Kier alpha value is -3.14. The van der Waals surface area contributed by atoms with Crippen LogP contribution >= 0.6 is 0 Å². The maximum absolute atomic E-state index is 12.4. The zero-order chi connectivity index (χ0) is 22.5. The summed E-state index contributed by atoms with van der Waals surface area (Å²) in [4.78, 5) is 23.3. The average Bonchev–Trinajstić information content (AvgIpc) is 3.46. The lowest BCUT2D eigenvalue weighted by molar-refractivity contribution is 0.113. The monoisotopic (exact) mass is 455 g/mol. The minimum Gasteiger partial charge on any atom is -0.492 e. The zero-order valence-electron chi connectivity index (χ0n) is 17.8. The first-order valence-corrected chi connectivity index (χ1v) is 12.5. The first-order valence-electron chi connectivity index (χ1n) is 10.6. The van der Waals surface area contributed by atoms with Gasteiger partial charge < -0.3 is 20.3 Å². The lowest BCUT2D eigenvalue weighted by Gasteiger charge is -2.34. The minimum absolute atomic E-state index is 0.0604. The summed E-state index contributed by atoms with van der Waals surface area (Å²) in [5, 5.41) is 5.70. The Morgan fingerprint density at radius 1 is 1.19 bits per heavy atom. The summed E-state index contributed by atoms with van der Waals surface area (Å²) in [6, 6.07) is 7.28. The smallest absolute Gasteiger partial charge is 0.319 e. The van der Waals surface area contributed by atoms with Crippen LogP contribution in [0.15, 0.2) is 36.6 Å². The normalized spacial score (nSPS) is 21.6. The summed E-state index contributed by atoms with van der Waals surface area (Å²) in [7, 11) is -3.25. The molecule has 1 aromatic heterocycles. The molecule has 5 rings (SSSR count). The van der Waals surface area contributed by atoms with Gasteiger partial charge in [-0.1, -0.05) is 6.58 Å². The molecule has 3 aliphatic rings. The van der Waals surface area contributed by atoms with Gasteiger partial charge in [0.1, 0.15) is 17.7 Å². The van der Waals surface area contributed by atoms with Gasteiger partial charge in [0.15, 0.2) is 15.7 Å². The van der Waals surface area contributed by atoms with Gasteiger partial charge in [-0.25, -0.2) is 23.2 Å². The molecule has 0 unspecified atom stereocenters. The number of hydrogen-bond acceptors (Lipinski definition) is 7. The molecule has 0 spiro atoms. The van der Waals surface area contributed by atoms with Crippen LogP contribution in [0.2, 0.25) is 0 Å². The highest BCUT2D eigenvalue weighted by molar-refractivity contribution is 7.90. The number of anilines is 2. The summed E-state index contributed by atoms with van der Waals surface area (Å²) in [5.41, 5.74) is 2.60. The number of amides is 2. The van der Waals surface area contributed by atoms with Crippen LogP contribution in [0.1, 0.15) is 31.0 Å². The molecule has 32 heavy (non-hydrogen) atoms. The maximum Gasteiger partial charge on any atom is 0.319 e. The van der Waals surface area contributed by atoms with Gasteiger partial charge in [0, 0.05) is 22.9 Å². The molecule has 2 aliphatic heterocycles. The molecule has 1 atom stereocenters. The molecule has 9 nitrogen and oxygen atoms in total. The number of nitrogens with one attached hydrogen (secondary N) is 2. The quantitative estimate of drug-likeness (QED) is 0.728. The molecule has 2 fully saturated rings. The number of sulfone groups is 1. The number of benzene rings is 1. The predicted molar refractivity (Wildman–Crippen MR) is 121 cm³/mol. The van der Waals surface area contributed by atoms with E-state index in [1.54, 1.807) is 12.1 Å². The van der Waals surface area contributed by atoms with Crippen LogP contribution in [0.25, 0.3) is 11.4 Å². The number of aromatic nitrogens is 2. The van der Waals surface area contributed by atoms with Crippen molar-refractivity contribution in [1.82, 2.24) is 15.3 Å². The Bertz CT molecular complexity index is 1190. The number of rotatable bonds is 4. The number of ether oxygens (including phenoxy) is 1. The van der Waals surface area contributed by atoms with Crippen molar-refractivity contribution in [3.63, 3.8) is 0 Å². The molecular weight excluding hydrogens is 430 g/mol. The lowest BCUT2D eigenvalue weighted by atomic mass is 10.1.